The van der Waals surface area contributed by atoms with Crippen LogP contribution >= 0.6 is 34.7 Å². The van der Waals surface area contributed by atoms with Crippen LogP contribution < -0.4 is 11.1 Å². The minimum absolute atomic E-state index is 0.0155. The fourth-order valence-electron chi connectivity index (χ4n) is 7.08. The van der Waals surface area contributed by atoms with E-state index in [0.717, 1.165) is 28.4 Å². The third-order valence-electron chi connectivity index (χ3n) is 9.84. The molecule has 0 spiro atoms. The molecule has 1 aromatic heterocycles. The number of carbonyl (C=O) groups is 7. The van der Waals surface area contributed by atoms with Crippen molar-refractivity contribution >= 4 is 87.0 Å². The van der Waals surface area contributed by atoms with Crippen molar-refractivity contribution in [2.24, 2.45) is 5.16 Å². The topological polar surface area (TPSA) is 300 Å². The smallest absolute Gasteiger partial charge is 0.352 e. The average molecular weight is 823 g/mol. The molecule has 0 unspecified atom stereocenters. The zero-order chi connectivity index (χ0) is 39.9. The van der Waals surface area contributed by atoms with Gasteiger partial charge < -0.3 is 50.8 Å². The molecule has 1 aromatic carbocycles. The first-order valence-electron chi connectivity index (χ1n) is 16.5. The number of aliphatic carboxylic acids is 3. The number of β-lactam (4-membered cyclic amide) rings is 1. The number of halogens is 1. The first-order valence-corrected chi connectivity index (χ1v) is 18.8. The van der Waals surface area contributed by atoms with Gasteiger partial charge in [-0.1, -0.05) is 16.8 Å². The predicted octanol–water partition coefficient (Wildman–Crippen LogP) is -0.119. The first kappa shape index (κ1) is 39.2. The number of anilines is 1. The van der Waals surface area contributed by atoms with Gasteiger partial charge in [0.05, 0.1) is 37.6 Å². The van der Waals surface area contributed by atoms with Gasteiger partial charge in [-0.05, 0) is 12.1 Å². The van der Waals surface area contributed by atoms with Crippen LogP contribution in [0.4, 0.5) is 5.13 Å². The number of carbonyl (C=O) groups excluding carboxylic acids is 4. The van der Waals surface area contributed by atoms with Crippen LogP contribution in [-0.4, -0.2) is 154 Å². The number of oxime groups is 1. The van der Waals surface area contributed by atoms with Crippen molar-refractivity contribution in [2.75, 3.05) is 44.2 Å². The second-order valence-electron chi connectivity index (χ2n) is 13.2. The van der Waals surface area contributed by atoms with Crippen molar-refractivity contribution < 1.29 is 68.4 Å². The molecule has 3 amide bonds. The molecule has 6 heterocycles. The highest BCUT2D eigenvalue weighted by Crippen LogP contribution is 2.42. The molecule has 2 aromatic rings. The number of rotatable bonds is 13. The molecule has 7 rings (SSSR count). The van der Waals surface area contributed by atoms with Gasteiger partial charge in [-0.25, -0.2) is 14.6 Å². The van der Waals surface area contributed by atoms with Gasteiger partial charge in [0.1, 0.15) is 29.4 Å². The van der Waals surface area contributed by atoms with Crippen molar-refractivity contribution in [3.63, 3.8) is 0 Å². The predicted molar refractivity (Wildman–Crippen MR) is 191 cm³/mol. The average Bonchev–Trinajstić information content (AvgIpc) is 3.38. The van der Waals surface area contributed by atoms with E-state index in [1.165, 1.54) is 22.0 Å². The summed E-state index contributed by atoms with van der Waals surface area (Å²) in [6, 6.07) is 0.573. The van der Waals surface area contributed by atoms with E-state index in [0.29, 0.717) is 42.5 Å². The second kappa shape index (κ2) is 15.4. The van der Waals surface area contributed by atoms with Crippen LogP contribution in [0.25, 0.3) is 0 Å². The van der Waals surface area contributed by atoms with Crippen LogP contribution in [0.5, 0.6) is 11.5 Å². The van der Waals surface area contributed by atoms with Crippen LogP contribution in [0.3, 0.4) is 0 Å². The molecule has 5 aliphatic rings. The number of carboxylic acids is 3. The number of piperidine rings is 1. The number of nitrogens with zero attached hydrogens (tertiary/aromatic N) is 5. The Balaban J connectivity index is 1.16. The number of amides is 3. The summed E-state index contributed by atoms with van der Waals surface area (Å²) in [6.45, 7) is 1.93. The minimum atomic E-state index is -1.96. The van der Waals surface area contributed by atoms with Crippen LogP contribution in [-0.2, 0) is 33.6 Å². The van der Waals surface area contributed by atoms with Crippen molar-refractivity contribution in [3.8, 4) is 11.5 Å². The molecule has 5 aliphatic heterocycles. The van der Waals surface area contributed by atoms with E-state index in [4.69, 9.17) is 27.3 Å². The minimum Gasteiger partial charge on any atom is -0.504 e. The van der Waals surface area contributed by atoms with E-state index in [9.17, 15) is 54.0 Å². The summed E-state index contributed by atoms with van der Waals surface area (Å²) in [5, 5.41) is 54.6. The molecule has 0 saturated carbocycles. The Morgan fingerprint density at radius 1 is 1.11 bits per heavy atom. The highest BCUT2D eigenvalue weighted by Gasteiger charge is 2.55. The van der Waals surface area contributed by atoms with Gasteiger partial charge >= 0.3 is 17.9 Å². The highest BCUT2D eigenvalue weighted by molar-refractivity contribution is 8.00. The van der Waals surface area contributed by atoms with Gasteiger partial charge in [-0.3, -0.25) is 28.9 Å². The fraction of sp³-hybridized carbons (Fsp3) is 0.406. The number of quaternary nitrogens is 1. The number of Topliss-reactive ketones (excluding diaryl/α,β-unsaturated/α-hetero) is 1. The number of phenolic OH excluding ortho intramolecular Hbond substituents is 2. The Morgan fingerprint density at radius 2 is 1.82 bits per heavy atom. The number of fused-ring (bicyclic) bond motifs is 5. The fourth-order valence-corrected chi connectivity index (χ4v) is 9.18. The zero-order valence-electron chi connectivity index (χ0n) is 28.4. The van der Waals surface area contributed by atoms with E-state index in [-0.39, 0.29) is 52.0 Å². The third kappa shape index (κ3) is 7.74. The number of carboxylic acid groups (broad SMARTS) is 3. The number of ketones is 1. The first-order chi connectivity index (χ1) is 26.0. The summed E-state index contributed by atoms with van der Waals surface area (Å²) in [6.07, 6.45) is -1.90. The zero-order valence-corrected chi connectivity index (χ0v) is 30.8. The van der Waals surface area contributed by atoms with Crippen LogP contribution in [0.1, 0.15) is 35.3 Å². The van der Waals surface area contributed by atoms with Crippen LogP contribution in [0.2, 0.25) is 5.02 Å². The summed E-state index contributed by atoms with van der Waals surface area (Å²) in [5.74, 6) is -9.08. The molecule has 23 heteroatoms. The lowest BCUT2D eigenvalue weighted by Gasteiger charge is -2.50. The van der Waals surface area contributed by atoms with Gasteiger partial charge in [-0.2, -0.15) is 0 Å². The van der Waals surface area contributed by atoms with E-state index in [1.54, 1.807) is 0 Å². The van der Waals surface area contributed by atoms with Crippen molar-refractivity contribution in [2.45, 2.75) is 42.8 Å². The van der Waals surface area contributed by atoms with Gasteiger partial charge in [0.25, 0.3) is 23.5 Å². The maximum Gasteiger partial charge on any atom is 0.352 e. The molecule has 55 heavy (non-hydrogen) atoms. The van der Waals surface area contributed by atoms with E-state index >= 15 is 0 Å². The van der Waals surface area contributed by atoms with Crippen LogP contribution in [0, 0.1) is 0 Å². The number of phenols is 2. The number of aromatic nitrogens is 1. The SMILES string of the molecule is Nc1nc(/C(=N/O[C@@H](CC(=O)O)C(=O)O)C(=O)N[C@@H]2C(=O)N3C(C(=O)O)=C(C[N+]45CCC(CC4)N(C(=O)C(=O)c4cc(O)c(O)c(Cl)c4)CC5)CS[C@H]23)cs1. The number of hydrogen-bond donors (Lipinski definition) is 7. The lowest BCUT2D eigenvalue weighted by molar-refractivity contribution is -0.924. The maximum atomic E-state index is 13.5. The summed E-state index contributed by atoms with van der Waals surface area (Å²) < 4.78 is 0.398. The molecule has 0 aliphatic carbocycles. The number of nitrogen functional groups attached to an aromatic ring is 1. The Labute approximate surface area is 323 Å². The molecule has 8 N–H and O–H groups in total. The Morgan fingerprint density at radius 3 is 2.42 bits per heavy atom. The largest absolute Gasteiger partial charge is 0.504 e. The number of benzene rings is 1. The molecule has 20 nitrogen and oxygen atoms in total. The number of aromatic hydroxyl groups is 2. The summed E-state index contributed by atoms with van der Waals surface area (Å²) in [5.41, 5.74) is 5.02. The second-order valence-corrected chi connectivity index (χ2v) is 15.6. The van der Waals surface area contributed by atoms with E-state index in [1.807, 2.05) is 0 Å². The highest BCUT2D eigenvalue weighted by atomic mass is 35.5. The van der Waals surface area contributed by atoms with E-state index < -0.39 is 82.6 Å². The third-order valence-corrected chi connectivity index (χ3v) is 12.1. The number of thioether (sulfide) groups is 1. The van der Waals surface area contributed by atoms with Gasteiger partial charge in [-0.15, -0.1) is 23.1 Å². The Kier molecular flexibility index (Phi) is 11.0. The Hall–Kier alpha value is -5.45. The molecule has 4 fully saturated rings. The molecular weight excluding hydrogens is 790 g/mol. The Bertz CT molecular complexity index is 2040. The molecular formula is C32H33ClN7O13S2+. The molecule has 2 bridgehead atoms. The van der Waals surface area contributed by atoms with Gasteiger partial charge in [0.2, 0.25) is 6.10 Å². The molecule has 4 saturated heterocycles. The molecule has 3 atom stereocenters. The lowest BCUT2D eigenvalue weighted by Crippen LogP contribution is -2.71. The van der Waals surface area contributed by atoms with Gasteiger partial charge in [0, 0.05) is 41.2 Å². The van der Waals surface area contributed by atoms with E-state index in [2.05, 4.69) is 15.5 Å². The molecule has 0 radical (unpaired) electrons. The van der Waals surface area contributed by atoms with Gasteiger partial charge in [0.15, 0.2) is 22.3 Å². The standard InChI is InChI=1S/C32H32ClN7O13S2/c33-16-7-13(8-18(41)25(16)45)24(44)28(48)38-3-6-40(4-1-15(38)2-5-40)10-14-11-54-29-22(27(47)39(29)23(14)31(51)52)36-26(46)21(17-12-55-32(34)35-17)37-53-19(30(49)50)9-20(42)43/h7-8,12,15,19,22,29H,1-6,9-11H2,(H7-,34,35,36,37,41,42,43,44,45,46,48,49,50,51,52)/p+1/t15?,19-,22+,29+,40?/m0/s1. The summed E-state index contributed by atoms with van der Waals surface area (Å²) in [4.78, 5) is 100. The maximum absolute atomic E-state index is 13.5. The number of thiazole rings is 1. The monoisotopic (exact) mass is 822 g/mol. The summed E-state index contributed by atoms with van der Waals surface area (Å²) in [7, 11) is 0. The number of hydrogen-bond acceptors (Lipinski definition) is 15. The van der Waals surface area contributed by atoms with Crippen molar-refractivity contribution in [3.05, 3.63) is 45.1 Å². The van der Waals surface area contributed by atoms with Crippen LogP contribution in [0.15, 0.2) is 33.9 Å². The summed E-state index contributed by atoms with van der Waals surface area (Å²) >= 11 is 8.04. The number of nitrogens with two attached hydrogens (primary N) is 1. The quantitative estimate of drug-likeness (QED) is 0.0264. The van der Waals surface area contributed by atoms with Crippen molar-refractivity contribution in [1.82, 2.24) is 20.1 Å². The lowest BCUT2D eigenvalue weighted by atomic mass is 9.99. The normalized spacial score (nSPS) is 24.0. The number of nitrogens with one attached hydrogen (secondary N) is 1. The van der Waals surface area contributed by atoms with Crippen molar-refractivity contribution in [1.29, 1.82) is 0 Å². The molecule has 292 valence electrons.